The molecule has 6 aromatic rings. The third-order valence-electron chi connectivity index (χ3n) is 12.1. The van der Waals surface area contributed by atoms with E-state index < -0.39 is 59.5 Å². The van der Waals surface area contributed by atoms with Crippen LogP contribution in [0.1, 0.15) is 62.5 Å². The molecule has 2 aromatic heterocycles. The van der Waals surface area contributed by atoms with Crippen molar-refractivity contribution in [3.8, 4) is 45.3 Å². The molecule has 362 valence electrons. The Morgan fingerprint density at radius 2 is 1.01 bits per heavy atom. The first kappa shape index (κ1) is 48.7. The Morgan fingerprint density at radius 1 is 0.586 bits per heavy atom. The molecule has 16 nitrogen and oxygen atoms in total. The van der Waals surface area contributed by atoms with E-state index in [0.717, 1.165) is 28.7 Å². The Hall–Kier alpha value is -7.79. The number of fused-ring (bicyclic) bond motifs is 2. The molecule has 2 fully saturated rings. The minimum absolute atomic E-state index is 0.188. The molecule has 0 atom stereocenters. The molecule has 4 aromatic carbocycles. The minimum atomic E-state index is -0.614. The highest BCUT2D eigenvalue weighted by Gasteiger charge is 2.35. The number of aromatic nitrogens is 1. The van der Waals surface area contributed by atoms with Gasteiger partial charge in [-0.1, -0.05) is 19.2 Å². The summed E-state index contributed by atoms with van der Waals surface area (Å²) in [4.78, 5) is 81.1. The normalized spacial score (nSPS) is 17.7. The van der Waals surface area contributed by atoms with Crippen LogP contribution in [0.15, 0.2) is 109 Å². The first-order chi connectivity index (χ1) is 33.8. The molecule has 2 saturated carbocycles. The Labute approximate surface area is 406 Å². The number of rotatable bonds is 17. The lowest BCUT2D eigenvalue weighted by Gasteiger charge is -2.26. The molecule has 17 heteroatoms. The van der Waals surface area contributed by atoms with E-state index >= 15 is 0 Å². The van der Waals surface area contributed by atoms with Gasteiger partial charge >= 0.3 is 35.8 Å². The van der Waals surface area contributed by atoms with Crippen molar-refractivity contribution in [1.29, 1.82) is 0 Å². The summed E-state index contributed by atoms with van der Waals surface area (Å²) in [5.74, 6) is -2.38. The number of carbonyl (C=O) groups is 6. The van der Waals surface area contributed by atoms with E-state index in [1.165, 1.54) is 11.3 Å². The Kier molecular flexibility index (Phi) is 15.4. The molecular weight excluding hydrogens is 923 g/mol. The zero-order chi connectivity index (χ0) is 49.3. The molecule has 0 amide bonds. The van der Waals surface area contributed by atoms with Crippen LogP contribution in [-0.2, 0) is 38.2 Å². The van der Waals surface area contributed by atoms with Crippen LogP contribution in [0.4, 0.5) is 0 Å². The molecule has 70 heavy (non-hydrogen) atoms. The number of aryl methyl sites for hydroxylation is 2. The van der Waals surface area contributed by atoms with Crippen LogP contribution in [0.2, 0.25) is 0 Å². The van der Waals surface area contributed by atoms with Gasteiger partial charge < -0.3 is 42.3 Å². The van der Waals surface area contributed by atoms with Crippen LogP contribution in [0.3, 0.4) is 0 Å². The molecule has 0 radical (unpaired) electrons. The van der Waals surface area contributed by atoms with Crippen LogP contribution >= 0.6 is 11.3 Å². The summed E-state index contributed by atoms with van der Waals surface area (Å²) >= 11 is 1.24. The Balaban J connectivity index is 0.895. The predicted molar refractivity (Wildman–Crippen MR) is 254 cm³/mol. The summed E-state index contributed by atoms with van der Waals surface area (Å²) < 4.78 is 50.4. The van der Waals surface area contributed by atoms with Gasteiger partial charge in [0.2, 0.25) is 13.6 Å². The third-order valence-corrected chi connectivity index (χ3v) is 13.2. The number of carbonyl (C=O) groups excluding carboxylic acids is 6. The van der Waals surface area contributed by atoms with Crippen molar-refractivity contribution >= 4 is 68.3 Å². The smallest absolute Gasteiger partial charge is 0.333 e. The fourth-order valence-corrected chi connectivity index (χ4v) is 9.36. The molecule has 0 unspecified atom stereocenters. The quantitative estimate of drug-likeness (QED) is 0.0361. The molecular formula is C53H49NO15S. The second-order valence-corrected chi connectivity index (χ2v) is 17.9. The van der Waals surface area contributed by atoms with Crippen molar-refractivity contribution in [3.05, 3.63) is 115 Å². The van der Waals surface area contributed by atoms with E-state index in [-0.39, 0.29) is 25.1 Å². The zero-order valence-electron chi connectivity index (χ0n) is 38.4. The maximum Gasteiger partial charge on any atom is 0.333 e. The number of furan rings is 1. The molecule has 0 spiro atoms. The molecule has 2 heterocycles. The van der Waals surface area contributed by atoms with Gasteiger partial charge in [0.25, 0.3) is 0 Å². The van der Waals surface area contributed by atoms with Gasteiger partial charge in [0.1, 0.15) is 38.8 Å². The molecule has 2 aliphatic rings. The fourth-order valence-electron chi connectivity index (χ4n) is 8.37. The van der Waals surface area contributed by atoms with Gasteiger partial charge in [0.15, 0.2) is 22.3 Å². The maximum atomic E-state index is 13.8. The number of ether oxygens (including phenoxy) is 8. The number of benzene rings is 4. The van der Waals surface area contributed by atoms with Crippen molar-refractivity contribution in [3.63, 3.8) is 0 Å². The van der Waals surface area contributed by atoms with Crippen molar-refractivity contribution < 1.29 is 71.1 Å². The summed E-state index contributed by atoms with van der Waals surface area (Å²) in [6.07, 6.45) is 5.32. The van der Waals surface area contributed by atoms with Crippen LogP contribution in [0, 0.1) is 37.5 Å². The van der Waals surface area contributed by atoms with Gasteiger partial charge in [-0.05, 0) is 149 Å². The van der Waals surface area contributed by atoms with Crippen LogP contribution < -0.4 is 28.4 Å². The van der Waals surface area contributed by atoms with Gasteiger partial charge in [-0.25, -0.2) is 14.6 Å². The number of esters is 6. The summed E-state index contributed by atoms with van der Waals surface area (Å²) in [7, 11) is 0. The molecule has 0 saturated heterocycles. The predicted octanol–water partition coefficient (Wildman–Crippen LogP) is 10.1. The number of nitrogens with zero attached hydrogens (tertiary/aromatic N) is 1. The van der Waals surface area contributed by atoms with E-state index in [1.54, 1.807) is 60.7 Å². The highest BCUT2D eigenvalue weighted by atomic mass is 32.1. The van der Waals surface area contributed by atoms with Crippen molar-refractivity contribution in [2.45, 2.75) is 65.2 Å². The highest BCUT2D eigenvalue weighted by molar-refractivity contribution is 7.22. The number of thiazole rings is 1. The monoisotopic (exact) mass is 971 g/mol. The lowest BCUT2D eigenvalue weighted by molar-refractivity contribution is -0.145. The van der Waals surface area contributed by atoms with Gasteiger partial charge in [0.05, 0.1) is 23.7 Å². The number of hydrogen-bond acceptors (Lipinski definition) is 17. The largest absolute Gasteiger partial charge is 0.457 e. The van der Waals surface area contributed by atoms with Gasteiger partial charge in [-0.2, -0.15) is 0 Å². The maximum absolute atomic E-state index is 13.8. The zero-order valence-corrected chi connectivity index (χ0v) is 39.3. The minimum Gasteiger partial charge on any atom is -0.457 e. The third kappa shape index (κ3) is 11.9. The average molecular weight is 972 g/mol. The van der Waals surface area contributed by atoms with Crippen LogP contribution in [0.5, 0.6) is 34.5 Å². The van der Waals surface area contributed by atoms with Crippen LogP contribution in [-0.4, -0.2) is 54.4 Å². The van der Waals surface area contributed by atoms with E-state index in [0.29, 0.717) is 101 Å². The second-order valence-electron chi connectivity index (χ2n) is 16.9. The topological polar surface area (TPSA) is 202 Å². The van der Waals surface area contributed by atoms with Gasteiger partial charge in [-0.3, -0.25) is 19.2 Å². The lowest BCUT2D eigenvalue weighted by Crippen LogP contribution is -2.30. The summed E-state index contributed by atoms with van der Waals surface area (Å²) in [5.41, 5.74) is 3.10. The van der Waals surface area contributed by atoms with E-state index in [1.807, 2.05) is 26.0 Å². The molecule has 2 aliphatic carbocycles. The molecule has 8 rings (SSSR count). The van der Waals surface area contributed by atoms with Gasteiger partial charge in [-0.15, -0.1) is 11.3 Å². The van der Waals surface area contributed by atoms with Gasteiger partial charge in [0, 0.05) is 17.5 Å². The van der Waals surface area contributed by atoms with E-state index in [9.17, 15) is 28.8 Å². The number of hydrogen-bond donors (Lipinski definition) is 0. The SMILES string of the molecule is C=CC(=O)OCOc1ccc(OC(=O)[C@H]2CC[C@H](C(=O)Oc3ccc(OC(=O)[C@H]4CC[C@H](C(=O)Oc5ccc(OCOC(=O)C=C)cc5)CC4)c4sc(-c5cc6c(C)cc(C)cc6o5)nc34)CC2)cc1. The van der Waals surface area contributed by atoms with E-state index in [4.69, 9.17) is 47.3 Å². The summed E-state index contributed by atoms with van der Waals surface area (Å²) in [5, 5.41) is 1.42. The summed E-state index contributed by atoms with van der Waals surface area (Å²) in [6, 6.07) is 21.7. The molecule has 0 N–H and O–H groups in total. The lowest BCUT2D eigenvalue weighted by atomic mass is 9.82. The molecule has 0 aliphatic heterocycles. The fraction of sp³-hybridized carbons (Fsp3) is 0.302. The van der Waals surface area contributed by atoms with Crippen molar-refractivity contribution in [1.82, 2.24) is 4.98 Å². The second kappa shape index (κ2) is 22.1. The Bertz CT molecular complexity index is 2780. The average Bonchev–Trinajstić information content (AvgIpc) is 4.02. The summed E-state index contributed by atoms with van der Waals surface area (Å²) in [6.45, 7) is 10.1. The standard InChI is InChI=1S/C53H49NO15S/c1-5-45(55)63-28-61-36-15-19-38(20-16-36)65-50(57)32-7-11-34(12-8-32)52(59)68-41-23-24-42(48-47(41)54-49(70-48)44-27-40-31(4)25-30(3)26-43(40)67-44)69-53(60)35-13-9-33(10-14-35)51(58)66-39-21-17-37(18-22-39)62-29-64-46(56)6-2/h5-6,15-27,32-35H,1-2,7-14,28-29H2,3-4H3/t32-,33-,34-,35-. The Morgan fingerprint density at radius 3 is 1.49 bits per heavy atom. The van der Waals surface area contributed by atoms with Crippen LogP contribution in [0.25, 0.3) is 32.0 Å². The van der Waals surface area contributed by atoms with Crippen molar-refractivity contribution in [2.24, 2.45) is 23.7 Å². The van der Waals surface area contributed by atoms with Crippen molar-refractivity contribution in [2.75, 3.05) is 13.6 Å². The highest BCUT2D eigenvalue weighted by Crippen LogP contribution is 2.44. The molecule has 0 bridgehead atoms. The first-order valence-corrected chi connectivity index (χ1v) is 23.5. The van der Waals surface area contributed by atoms with E-state index in [2.05, 4.69) is 19.2 Å². The first-order valence-electron chi connectivity index (χ1n) is 22.7.